The standard InChI is InChI=1S/C27H24FIN4O4.C18H16N6S2.C18H20O8.C17H14ClF2IN2O2.C16H13NO3/c1-14(34)11-16-5-4-6-19(12-16)32-23-15(2)25(35)31(3)24(30-21-10-7-17(29)13-20(21)28)22(23)26(36)33(27(32)37)18-8-9-18;1-24-16(18(23)26-15-9-5-3-7-13(15)21)11(10-19)17(22)25-14-8-4-2-6-12(14)20;1-8-3-2-4-11(20)16(23)13(22)7-14-17(26-14)10-5-9(19)6-12(21)15(10)18(24)25-8;18-12-7-10(21)3-6-14(12)22-16-11(4-5-13(19)15(16)20)17(24)23-25-8-9-1-2-9;1-19-14-8-4-6-11(16(14)17)15-9-12(18)10-5-2-3-7-13(10)20-15/h4-7,10,12-13,18,30H,8-9,11H2,1-3H3;2-9H,20-23H2;2,4-6,8,13-14,16-17,19,21-23H,3,7H2,1H3;3-7,9,22H,1-2,8H2,(H,23,24);2-9H,17H2,1H3/b;17-11+,18-16-;4-2-;;/t;;8-,13-,14+,16+,17+;;/m..0../s1. The number of thioether (sulfide) groups is 2. The third-order valence-electron chi connectivity index (χ3n) is 21.1. The Balaban J connectivity index is 0.000000153. The number of hydroxylamine groups is 1. The molecule has 0 unspecified atom stereocenters. The number of phenolic OH excluding ortho intramolecular Hbond substituents is 2. The maximum atomic E-state index is 14.8. The molecule has 1 amide bonds. The predicted molar refractivity (Wildman–Crippen MR) is 523 cm³/mol. The van der Waals surface area contributed by atoms with Gasteiger partial charge in [-0.05, 0) is 224 Å². The topological polar surface area (TPSA) is 480 Å². The molecule has 16 rings (SSSR count). The van der Waals surface area contributed by atoms with E-state index in [-0.39, 0.29) is 114 Å². The number of ether oxygens (including phenoxy) is 3. The van der Waals surface area contributed by atoms with Crippen molar-refractivity contribution in [1.82, 2.24) is 19.2 Å². The first-order chi connectivity index (χ1) is 64.0. The maximum absolute atomic E-state index is 14.8. The number of pyridine rings is 1. The van der Waals surface area contributed by atoms with Crippen LogP contribution >= 0.6 is 80.3 Å². The highest BCUT2D eigenvalue weighted by atomic mass is 127. The Bertz CT molecular complexity index is 6980. The van der Waals surface area contributed by atoms with Crippen LogP contribution in [0.3, 0.4) is 0 Å². The third-order valence-corrected chi connectivity index (χ3v) is 24.8. The number of allylic oxidation sites excluding steroid dienone is 1. The van der Waals surface area contributed by atoms with Crippen LogP contribution in [0.5, 0.6) is 17.2 Å². The van der Waals surface area contributed by atoms with E-state index in [1.54, 1.807) is 142 Å². The Morgan fingerprint density at radius 3 is 2.07 bits per heavy atom. The molecule has 0 spiro atoms. The van der Waals surface area contributed by atoms with Crippen LogP contribution in [-0.4, -0.2) is 95.7 Å². The summed E-state index contributed by atoms with van der Waals surface area (Å²) in [5.41, 5.74) is 35.0. The van der Waals surface area contributed by atoms with Crippen molar-refractivity contribution in [2.75, 3.05) is 41.6 Å². The van der Waals surface area contributed by atoms with Crippen LogP contribution in [0.2, 0.25) is 5.02 Å². The second kappa shape index (κ2) is 44.5. The predicted octanol–water partition coefficient (Wildman–Crippen LogP) is 16.4. The number of aliphatic hydroxyl groups excluding tert-OH is 2. The van der Waals surface area contributed by atoms with Gasteiger partial charge in [-0.1, -0.05) is 95.8 Å². The first-order valence-electron chi connectivity index (χ1n) is 41.1. The minimum atomic E-state index is -1.59. The number of amides is 1. The lowest BCUT2D eigenvalue weighted by Crippen LogP contribution is -2.41. The summed E-state index contributed by atoms with van der Waals surface area (Å²) in [5, 5.41) is 56.3. The summed E-state index contributed by atoms with van der Waals surface area (Å²) in [6.07, 6.45) is 1.63. The van der Waals surface area contributed by atoms with Crippen molar-refractivity contribution >= 4 is 166 Å². The number of esters is 1. The Kier molecular flexibility index (Phi) is 33.1. The Morgan fingerprint density at radius 2 is 1.43 bits per heavy atom. The number of benzene rings is 9. The number of rotatable bonds is 19. The van der Waals surface area contributed by atoms with Crippen LogP contribution in [-0.2, 0) is 37.4 Å². The molecule has 2 aliphatic heterocycles. The molecule has 0 bridgehead atoms. The number of anilines is 7. The largest absolute Gasteiger partial charge is 0.508 e. The number of nitrogen functional groups attached to an aromatic ring is 3. The van der Waals surface area contributed by atoms with Gasteiger partial charge in [0.05, 0.1) is 104 Å². The zero-order valence-electron chi connectivity index (χ0n) is 72.0. The average Bonchev–Trinajstić information content (AvgIpc) is 1.01. The average molecular weight is 2110 g/mol. The van der Waals surface area contributed by atoms with Crippen molar-refractivity contribution in [1.29, 1.82) is 5.26 Å². The molecule has 38 heteroatoms. The van der Waals surface area contributed by atoms with Crippen LogP contribution in [0.1, 0.15) is 102 Å². The Morgan fingerprint density at radius 1 is 0.769 bits per heavy atom. The maximum Gasteiger partial charge on any atom is 0.342 e. The number of nitrogens with zero attached hydrogens (tertiary/aromatic N) is 5. The van der Waals surface area contributed by atoms with Crippen LogP contribution in [0, 0.1) is 55.3 Å². The number of fused-ring (bicyclic) bond motifs is 5. The van der Waals surface area contributed by atoms with Gasteiger partial charge in [0.15, 0.2) is 22.8 Å². The molecule has 2 aliphatic carbocycles. The van der Waals surface area contributed by atoms with Crippen LogP contribution in [0.4, 0.5) is 53.1 Å². The molecule has 3 fully saturated rings. The fraction of sp³-hybridized carbons (Fsp3) is 0.208. The number of aromatic nitrogens is 3. The molecule has 5 heterocycles. The lowest BCUT2D eigenvalue weighted by atomic mass is 9.97. The number of nitriles is 1. The Labute approximate surface area is 804 Å². The summed E-state index contributed by atoms with van der Waals surface area (Å²) in [6.45, 7) is 12.5. The number of halogens is 6. The summed E-state index contributed by atoms with van der Waals surface area (Å²) in [7, 11) is 3.05. The molecule has 17 N–H and O–H groups in total. The number of methoxy groups -OCH3 is 1. The first kappa shape index (κ1) is 99.6. The van der Waals surface area contributed by atoms with Crippen LogP contribution in [0.25, 0.3) is 43.7 Å². The molecular weight excluding hydrogens is 2020 g/mol. The number of nitrogens with two attached hydrogens (primary N) is 5. The van der Waals surface area contributed by atoms with E-state index in [1.165, 1.54) is 64.1 Å². The lowest BCUT2D eigenvalue weighted by Gasteiger charge is -2.21. The number of Topliss-reactive ketones (excluding diaryl/α,β-unsaturated/α-hetero) is 1. The van der Waals surface area contributed by atoms with Crippen molar-refractivity contribution in [2.45, 2.75) is 112 Å². The first-order valence-corrected chi connectivity index (χ1v) is 45.3. The van der Waals surface area contributed by atoms with Crippen LogP contribution < -0.4 is 71.8 Å². The van der Waals surface area contributed by atoms with E-state index in [1.807, 2.05) is 46.9 Å². The van der Waals surface area contributed by atoms with Gasteiger partial charge >= 0.3 is 11.7 Å². The minimum absolute atomic E-state index is 0.00718. The van der Waals surface area contributed by atoms with E-state index in [9.17, 15) is 77.2 Å². The molecule has 1 saturated heterocycles. The third kappa shape index (κ3) is 24.2. The number of hydrogen-bond donors (Lipinski definition) is 12. The summed E-state index contributed by atoms with van der Waals surface area (Å²) in [6, 6.07) is 50.9. The normalized spacial score (nSPS) is 16.7. The van der Waals surface area contributed by atoms with Crippen molar-refractivity contribution in [3.8, 4) is 40.3 Å². The number of aromatic hydroxyl groups is 2. The van der Waals surface area contributed by atoms with E-state index in [0.717, 1.165) is 58.1 Å². The molecule has 134 heavy (non-hydrogen) atoms. The van der Waals surface area contributed by atoms with Crippen LogP contribution in [0.15, 0.2) is 249 Å². The fourth-order valence-corrected chi connectivity index (χ4v) is 16.9. The molecule has 30 nitrogen and oxygen atoms in total. The minimum Gasteiger partial charge on any atom is -0.508 e. The van der Waals surface area contributed by atoms with Gasteiger partial charge in [0.25, 0.3) is 17.0 Å². The fourth-order valence-electron chi connectivity index (χ4n) is 13.9. The molecule has 2 saturated carbocycles. The second-order valence-electron chi connectivity index (χ2n) is 31.0. The number of carbonyl (C=O) groups excluding carboxylic acids is 4. The number of carbonyl (C=O) groups is 4. The number of aliphatic hydroxyl groups is 2. The quantitative estimate of drug-likeness (QED) is 0.00412. The molecule has 4 aliphatic rings. The molecular formula is C96H87ClF3I2N13O17S2. The van der Waals surface area contributed by atoms with Gasteiger partial charge in [-0.15, -0.1) is 0 Å². The van der Waals surface area contributed by atoms with E-state index >= 15 is 0 Å². The molecule has 0 radical (unpaired) electrons. The number of nitrogens with one attached hydrogen (secondary N) is 3. The monoisotopic (exact) mass is 2100 g/mol. The summed E-state index contributed by atoms with van der Waals surface area (Å²) in [5.74, 6) is -4.06. The summed E-state index contributed by atoms with van der Waals surface area (Å²) < 4.78 is 69.8. The van der Waals surface area contributed by atoms with Crippen molar-refractivity contribution in [3.05, 3.63) is 326 Å². The summed E-state index contributed by atoms with van der Waals surface area (Å²) >= 11 is 12.4. The van der Waals surface area contributed by atoms with Gasteiger partial charge in [-0.2, -0.15) is 5.26 Å². The van der Waals surface area contributed by atoms with Crippen molar-refractivity contribution in [3.63, 3.8) is 0 Å². The van der Waals surface area contributed by atoms with Crippen molar-refractivity contribution < 1.29 is 76.2 Å². The number of cyclic esters (lactones) is 1. The van der Waals surface area contributed by atoms with Gasteiger partial charge in [-0.25, -0.2) is 33.1 Å². The zero-order valence-corrected chi connectivity index (χ0v) is 78.7. The molecule has 692 valence electrons. The second-order valence-corrected chi connectivity index (χ2v) is 36.0. The number of hydrogen-bond acceptors (Lipinski definition) is 27. The number of epoxide rings is 1. The Hall–Kier alpha value is -13.4. The smallest absolute Gasteiger partial charge is 0.342 e. The van der Waals surface area contributed by atoms with E-state index in [4.69, 9.17) is 70.3 Å². The van der Waals surface area contributed by atoms with E-state index < -0.39 is 88.2 Å². The van der Waals surface area contributed by atoms with E-state index in [2.05, 4.69) is 43.5 Å². The van der Waals surface area contributed by atoms with E-state index in [0.29, 0.717) is 106 Å². The highest BCUT2D eigenvalue weighted by molar-refractivity contribution is 14.1. The van der Waals surface area contributed by atoms with Crippen molar-refractivity contribution in [2.24, 2.45) is 24.4 Å². The number of ketones is 2. The SMILES string of the molecule is CC(=O)Cc1cccc(-n2c(=O)n(C3CC3)c(=O)c3c(Nc4ccc(I)cc4F)n(C)c(=O)c(C)c32)c1.COc1cccc(-c2cc(=O)c3ccccc3o2)c1N.C[C@H]1C/C=C\C(=O)[C@@H](O)[C@@H](O)C[C@H]2O[C@@H]2c2cc(O)cc(O)c2C(=O)O1.O=C(NOCC1CC1)c1ccc(F)c(F)c1Nc1ccc(I)cc1Cl.[C-]#[N+]C(=C(/N)Sc1ccccc1N)/C(C#N)=C(\N)Sc1ccccc1N. The molecule has 12 aromatic rings. The highest BCUT2D eigenvalue weighted by Gasteiger charge is 2.46. The lowest BCUT2D eigenvalue weighted by molar-refractivity contribution is -0.128. The number of aryl methyl sites for hydroxylation is 1. The van der Waals surface area contributed by atoms with Gasteiger partial charge in [-0.3, -0.25) is 47.3 Å². The zero-order chi connectivity index (χ0) is 96.8. The highest BCUT2D eigenvalue weighted by Crippen LogP contribution is 2.47. The van der Waals surface area contributed by atoms with Gasteiger partial charge in [0.1, 0.15) is 75.3 Å². The molecule has 5 atom stereocenters. The molecule has 9 aromatic carbocycles. The number of phenols is 2. The van der Waals surface area contributed by atoms with Gasteiger partial charge in [0, 0.05) is 89.5 Å². The molecule has 3 aromatic heterocycles. The number of para-hydroxylation sites is 4. The summed E-state index contributed by atoms with van der Waals surface area (Å²) in [4.78, 5) is 111. The van der Waals surface area contributed by atoms with Gasteiger partial charge < -0.3 is 78.4 Å². The van der Waals surface area contributed by atoms with Gasteiger partial charge in [0.2, 0.25) is 5.70 Å².